The van der Waals surface area contributed by atoms with Crippen LogP contribution in [0.1, 0.15) is 28.4 Å². The third kappa shape index (κ3) is 4.20. The maximum atomic E-state index is 13.1. The van der Waals surface area contributed by atoms with E-state index in [9.17, 15) is 14.4 Å². The van der Waals surface area contributed by atoms with E-state index in [-0.39, 0.29) is 12.2 Å². The van der Waals surface area contributed by atoms with Gasteiger partial charge in [-0.1, -0.05) is 77.8 Å². The molecule has 0 radical (unpaired) electrons. The minimum atomic E-state index is -1.14. The van der Waals surface area contributed by atoms with E-state index in [1.54, 1.807) is 43.3 Å². The summed E-state index contributed by atoms with van der Waals surface area (Å²) in [6.07, 6.45) is 0.266. The summed E-state index contributed by atoms with van der Waals surface area (Å²) >= 11 is 12.1. The summed E-state index contributed by atoms with van der Waals surface area (Å²) in [5, 5.41) is 3.42. The van der Waals surface area contributed by atoms with Gasteiger partial charge in [-0.3, -0.25) is 9.59 Å². The molecule has 3 amide bonds. The Bertz CT molecular complexity index is 1160. The van der Waals surface area contributed by atoms with E-state index in [0.717, 1.165) is 10.5 Å². The van der Waals surface area contributed by atoms with Crippen molar-refractivity contribution in [2.45, 2.75) is 18.9 Å². The fourth-order valence-electron chi connectivity index (χ4n) is 3.65. The molecule has 1 saturated heterocycles. The van der Waals surface area contributed by atoms with Crippen LogP contribution in [0.25, 0.3) is 0 Å². The molecule has 0 spiro atoms. The van der Waals surface area contributed by atoms with Crippen LogP contribution in [0, 0.1) is 0 Å². The number of benzene rings is 3. The number of urea groups is 1. The fourth-order valence-corrected chi connectivity index (χ4v) is 4.16. The number of rotatable bonds is 5. The molecule has 4 rings (SSSR count). The number of amides is 3. The maximum absolute atomic E-state index is 13.1. The molecule has 0 bridgehead atoms. The summed E-state index contributed by atoms with van der Waals surface area (Å²) < 4.78 is 0. The lowest BCUT2D eigenvalue weighted by atomic mass is 9.91. The van der Waals surface area contributed by atoms with Crippen molar-refractivity contribution < 1.29 is 14.4 Å². The van der Waals surface area contributed by atoms with Crippen LogP contribution >= 0.6 is 23.2 Å². The van der Waals surface area contributed by atoms with Crippen LogP contribution in [0.4, 0.5) is 10.5 Å². The van der Waals surface area contributed by atoms with Gasteiger partial charge in [0, 0.05) is 27.6 Å². The van der Waals surface area contributed by atoms with E-state index in [1.807, 2.05) is 18.2 Å². The fraction of sp³-hybridized carbons (Fsp3) is 0.125. The van der Waals surface area contributed by atoms with Crippen molar-refractivity contribution in [3.63, 3.8) is 0 Å². The average Bonchev–Trinajstić information content (AvgIpc) is 2.96. The predicted molar refractivity (Wildman–Crippen MR) is 121 cm³/mol. The Morgan fingerprint density at radius 2 is 1.48 bits per heavy atom. The minimum Gasteiger partial charge on any atom is -0.323 e. The van der Waals surface area contributed by atoms with Gasteiger partial charge in [-0.25, -0.2) is 9.69 Å². The van der Waals surface area contributed by atoms with Crippen molar-refractivity contribution in [3.05, 3.63) is 99.5 Å². The SMILES string of the molecule is CC1(Cc2ccc(C(=O)c3ccccc3)cc2)NC(=O)N(c2cc(Cl)cc(Cl)c2)C1=O. The first-order chi connectivity index (χ1) is 14.8. The van der Waals surface area contributed by atoms with Crippen molar-refractivity contribution in [1.29, 1.82) is 0 Å². The van der Waals surface area contributed by atoms with Crippen molar-refractivity contribution in [2.24, 2.45) is 0 Å². The largest absolute Gasteiger partial charge is 0.329 e. The number of hydrogen-bond donors (Lipinski definition) is 1. The molecular formula is C24H18Cl2N2O3. The Balaban J connectivity index is 1.54. The summed E-state index contributed by atoms with van der Waals surface area (Å²) in [5.41, 5.74) is 1.14. The summed E-state index contributed by atoms with van der Waals surface area (Å²) in [7, 11) is 0. The van der Waals surface area contributed by atoms with E-state index in [1.165, 1.54) is 18.2 Å². The highest BCUT2D eigenvalue weighted by atomic mass is 35.5. The number of imide groups is 1. The molecule has 0 saturated carbocycles. The monoisotopic (exact) mass is 452 g/mol. The van der Waals surface area contributed by atoms with Gasteiger partial charge in [-0.2, -0.15) is 0 Å². The van der Waals surface area contributed by atoms with Gasteiger partial charge in [-0.15, -0.1) is 0 Å². The number of hydrogen-bond acceptors (Lipinski definition) is 3. The zero-order valence-corrected chi connectivity index (χ0v) is 18.1. The Kier molecular flexibility index (Phi) is 5.56. The van der Waals surface area contributed by atoms with E-state index in [2.05, 4.69) is 5.32 Å². The topological polar surface area (TPSA) is 66.5 Å². The molecule has 1 heterocycles. The van der Waals surface area contributed by atoms with Crippen LogP contribution in [0.3, 0.4) is 0 Å². The van der Waals surface area contributed by atoms with Gasteiger partial charge in [0.05, 0.1) is 5.69 Å². The zero-order chi connectivity index (χ0) is 22.2. The highest BCUT2D eigenvalue weighted by Gasteiger charge is 2.48. The van der Waals surface area contributed by atoms with Gasteiger partial charge in [0.2, 0.25) is 0 Å². The first-order valence-electron chi connectivity index (χ1n) is 9.58. The van der Waals surface area contributed by atoms with Gasteiger partial charge >= 0.3 is 6.03 Å². The second kappa shape index (κ2) is 8.17. The lowest BCUT2D eigenvalue weighted by Gasteiger charge is -2.22. The quantitative estimate of drug-likeness (QED) is 0.422. The molecule has 1 unspecified atom stereocenters. The standard InChI is InChI=1S/C24H18Cl2N2O3/c1-24(22(30)28(23(31)27-24)20-12-18(25)11-19(26)13-20)14-15-7-9-17(10-8-15)21(29)16-5-3-2-4-6-16/h2-13H,14H2,1H3,(H,27,31). The van der Waals surface area contributed by atoms with Gasteiger partial charge < -0.3 is 5.32 Å². The molecule has 31 heavy (non-hydrogen) atoms. The van der Waals surface area contributed by atoms with Gasteiger partial charge in [0.15, 0.2) is 5.78 Å². The number of nitrogens with zero attached hydrogens (tertiary/aromatic N) is 1. The molecule has 1 atom stereocenters. The van der Waals surface area contributed by atoms with Gasteiger partial charge in [-0.05, 0) is 30.7 Å². The van der Waals surface area contributed by atoms with Crippen molar-refractivity contribution in [1.82, 2.24) is 5.32 Å². The van der Waals surface area contributed by atoms with Gasteiger partial charge in [0.25, 0.3) is 5.91 Å². The molecule has 0 aliphatic carbocycles. The number of halogens is 2. The number of anilines is 1. The summed E-state index contributed by atoms with van der Waals surface area (Å²) in [6.45, 7) is 1.67. The lowest BCUT2D eigenvalue weighted by molar-refractivity contribution is -0.121. The van der Waals surface area contributed by atoms with Crippen molar-refractivity contribution in [3.8, 4) is 0 Å². The molecule has 1 fully saturated rings. The van der Waals surface area contributed by atoms with Crippen LogP contribution in [-0.4, -0.2) is 23.3 Å². The molecular weight excluding hydrogens is 435 g/mol. The van der Waals surface area contributed by atoms with Crippen LogP contribution in [-0.2, 0) is 11.2 Å². The maximum Gasteiger partial charge on any atom is 0.329 e. The summed E-state index contributed by atoms with van der Waals surface area (Å²) in [6, 6.07) is 20.1. The van der Waals surface area contributed by atoms with E-state index in [0.29, 0.717) is 26.9 Å². The number of nitrogens with one attached hydrogen (secondary N) is 1. The molecule has 3 aromatic rings. The third-order valence-electron chi connectivity index (χ3n) is 5.18. The number of ketones is 1. The summed E-state index contributed by atoms with van der Waals surface area (Å²) in [5.74, 6) is -0.479. The Morgan fingerprint density at radius 3 is 2.10 bits per heavy atom. The second-order valence-corrected chi connectivity index (χ2v) is 8.47. The highest BCUT2D eigenvalue weighted by molar-refractivity contribution is 6.35. The molecule has 3 aromatic carbocycles. The molecule has 1 N–H and O–H groups in total. The van der Waals surface area contributed by atoms with E-state index < -0.39 is 17.5 Å². The lowest BCUT2D eigenvalue weighted by Crippen LogP contribution is -2.46. The van der Waals surface area contributed by atoms with E-state index in [4.69, 9.17) is 23.2 Å². The molecule has 7 heteroatoms. The number of carbonyl (C=O) groups excluding carboxylic acids is 3. The predicted octanol–water partition coefficient (Wildman–Crippen LogP) is 5.28. The minimum absolute atomic E-state index is 0.0763. The van der Waals surface area contributed by atoms with Crippen LogP contribution < -0.4 is 10.2 Å². The van der Waals surface area contributed by atoms with Crippen LogP contribution in [0.15, 0.2) is 72.8 Å². The first kappa shape index (κ1) is 21.1. The summed E-state index contributed by atoms with van der Waals surface area (Å²) in [4.78, 5) is 39.3. The van der Waals surface area contributed by atoms with Crippen LogP contribution in [0.2, 0.25) is 10.0 Å². The average molecular weight is 453 g/mol. The zero-order valence-electron chi connectivity index (χ0n) is 16.6. The molecule has 1 aliphatic rings. The van der Waals surface area contributed by atoms with Crippen molar-refractivity contribution in [2.75, 3.05) is 4.90 Å². The Hall–Kier alpha value is -3.15. The second-order valence-electron chi connectivity index (χ2n) is 7.60. The molecule has 5 nitrogen and oxygen atoms in total. The van der Waals surface area contributed by atoms with E-state index >= 15 is 0 Å². The highest BCUT2D eigenvalue weighted by Crippen LogP contribution is 2.31. The molecule has 1 aliphatic heterocycles. The Labute approximate surface area is 189 Å². The Morgan fingerprint density at radius 1 is 0.903 bits per heavy atom. The molecule has 0 aromatic heterocycles. The number of carbonyl (C=O) groups is 3. The third-order valence-corrected chi connectivity index (χ3v) is 5.61. The normalized spacial score (nSPS) is 18.2. The van der Waals surface area contributed by atoms with Crippen LogP contribution in [0.5, 0.6) is 0 Å². The molecule has 156 valence electrons. The van der Waals surface area contributed by atoms with Gasteiger partial charge in [0.1, 0.15) is 5.54 Å². The smallest absolute Gasteiger partial charge is 0.323 e. The first-order valence-corrected chi connectivity index (χ1v) is 10.3. The van der Waals surface area contributed by atoms with Crippen molar-refractivity contribution >= 4 is 46.6 Å².